The van der Waals surface area contributed by atoms with Crippen LogP contribution < -0.4 is 4.90 Å². The van der Waals surface area contributed by atoms with Gasteiger partial charge in [-0.15, -0.1) is 0 Å². The molecule has 1 amide bonds. The zero-order chi connectivity index (χ0) is 20.7. The summed E-state index contributed by atoms with van der Waals surface area (Å²) >= 11 is 6.24. The molecule has 2 aromatic rings. The summed E-state index contributed by atoms with van der Waals surface area (Å²) in [6.07, 6.45) is 0.872. The average molecular weight is 436 g/mol. The average Bonchev–Trinajstić information content (AvgIpc) is 2.97. The van der Waals surface area contributed by atoms with Gasteiger partial charge in [-0.2, -0.15) is 0 Å². The van der Waals surface area contributed by atoms with Crippen LogP contribution in [0.1, 0.15) is 24.2 Å². The van der Waals surface area contributed by atoms with E-state index in [9.17, 15) is 21.6 Å². The molecule has 2 rings (SSSR count). The molecule has 0 saturated carbocycles. The van der Waals surface area contributed by atoms with Crippen LogP contribution in [-0.2, 0) is 26.7 Å². The third-order valence-corrected chi connectivity index (χ3v) is 7.81. The van der Waals surface area contributed by atoms with E-state index in [0.29, 0.717) is 0 Å². The minimum absolute atomic E-state index is 0.0940. The number of rotatable bonds is 5. The van der Waals surface area contributed by atoms with E-state index in [1.807, 2.05) is 0 Å². The molecular formula is C14H18ClN5O5S2. The van der Waals surface area contributed by atoms with Crippen LogP contribution in [0, 0.1) is 0 Å². The number of aryl methyl sites for hydroxylation is 1. The summed E-state index contributed by atoms with van der Waals surface area (Å²) in [7, 11) is -5.11. The van der Waals surface area contributed by atoms with Gasteiger partial charge in [-0.3, -0.25) is 9.69 Å². The van der Waals surface area contributed by atoms with Crippen LogP contribution in [0.3, 0.4) is 0 Å². The Kier molecular flexibility index (Phi) is 5.64. The molecule has 1 heterocycles. The molecule has 0 unspecified atom stereocenters. The third kappa shape index (κ3) is 3.82. The second-order valence-corrected chi connectivity index (χ2v) is 10.9. The molecule has 148 valence electrons. The maximum atomic E-state index is 12.8. The molecule has 1 aromatic carbocycles. The van der Waals surface area contributed by atoms with Crippen LogP contribution >= 0.6 is 11.6 Å². The quantitative estimate of drug-likeness (QED) is 0.671. The minimum atomic E-state index is -4.09. The number of halogens is 1. The lowest BCUT2D eigenvalue weighted by molar-refractivity contribution is 0.0990. The van der Waals surface area contributed by atoms with Crippen LogP contribution in [0.5, 0.6) is 0 Å². The van der Waals surface area contributed by atoms with Gasteiger partial charge in [-0.25, -0.2) is 21.5 Å². The number of benzene rings is 1. The summed E-state index contributed by atoms with van der Waals surface area (Å²) in [4.78, 5) is 12.8. The van der Waals surface area contributed by atoms with E-state index in [1.54, 1.807) is 0 Å². The highest BCUT2D eigenvalue weighted by Gasteiger charge is 2.33. The SMILES string of the molecule is CC(C)S(=O)(=O)c1c(S(C)(=O)=O)ccc(C(=O)N(C)c2nnnn2C)c1Cl. The topological polar surface area (TPSA) is 132 Å². The van der Waals surface area contributed by atoms with E-state index in [0.717, 1.165) is 17.2 Å². The number of amides is 1. The van der Waals surface area contributed by atoms with E-state index in [-0.39, 0.29) is 11.5 Å². The molecule has 0 radical (unpaired) electrons. The molecule has 0 aliphatic rings. The van der Waals surface area contributed by atoms with E-state index >= 15 is 0 Å². The van der Waals surface area contributed by atoms with Gasteiger partial charge in [0, 0.05) is 20.4 Å². The summed E-state index contributed by atoms with van der Waals surface area (Å²) in [6.45, 7) is 2.78. The van der Waals surface area contributed by atoms with Crippen molar-refractivity contribution in [2.75, 3.05) is 18.2 Å². The summed E-state index contributed by atoms with van der Waals surface area (Å²) < 4.78 is 50.9. The predicted octanol–water partition coefficient (Wildman–Crippen LogP) is 0.726. The van der Waals surface area contributed by atoms with Crippen molar-refractivity contribution in [3.63, 3.8) is 0 Å². The Bertz CT molecular complexity index is 1110. The molecule has 0 aliphatic carbocycles. The Hall–Kier alpha value is -2.05. The van der Waals surface area contributed by atoms with Crippen LogP contribution in [0.25, 0.3) is 0 Å². The molecule has 0 saturated heterocycles. The van der Waals surface area contributed by atoms with Crippen molar-refractivity contribution in [1.82, 2.24) is 20.2 Å². The fourth-order valence-electron chi connectivity index (χ4n) is 2.28. The zero-order valence-electron chi connectivity index (χ0n) is 15.2. The molecule has 0 bridgehead atoms. The number of nitrogens with zero attached hydrogens (tertiary/aromatic N) is 5. The molecule has 0 spiro atoms. The molecule has 13 heteroatoms. The van der Waals surface area contributed by atoms with Gasteiger partial charge >= 0.3 is 0 Å². The Morgan fingerprint density at radius 1 is 1.22 bits per heavy atom. The van der Waals surface area contributed by atoms with Gasteiger partial charge in [0.15, 0.2) is 19.7 Å². The Balaban J connectivity index is 2.75. The predicted molar refractivity (Wildman–Crippen MR) is 98.4 cm³/mol. The Morgan fingerprint density at radius 2 is 1.81 bits per heavy atom. The number of sulfone groups is 2. The Morgan fingerprint density at radius 3 is 2.26 bits per heavy atom. The van der Waals surface area contributed by atoms with Crippen LogP contribution in [0.4, 0.5) is 5.95 Å². The number of hydrogen-bond donors (Lipinski definition) is 0. The molecule has 0 atom stereocenters. The number of carbonyl (C=O) groups excluding carboxylic acids is 1. The third-order valence-electron chi connectivity index (χ3n) is 3.80. The Labute approximate surface area is 162 Å². The minimum Gasteiger partial charge on any atom is -0.279 e. The summed E-state index contributed by atoms with van der Waals surface area (Å²) in [6, 6.07) is 2.23. The lowest BCUT2D eigenvalue weighted by Crippen LogP contribution is -2.30. The van der Waals surface area contributed by atoms with Crippen molar-refractivity contribution in [3.05, 3.63) is 22.7 Å². The molecule has 27 heavy (non-hydrogen) atoms. The zero-order valence-corrected chi connectivity index (χ0v) is 17.6. The summed E-state index contributed by atoms with van der Waals surface area (Å²) in [5.74, 6) is -0.602. The first-order valence-electron chi connectivity index (χ1n) is 7.57. The van der Waals surface area contributed by atoms with E-state index < -0.39 is 45.6 Å². The highest BCUT2D eigenvalue weighted by molar-refractivity contribution is 7.94. The number of carbonyl (C=O) groups is 1. The number of tetrazole rings is 1. The number of aromatic nitrogens is 4. The number of anilines is 1. The van der Waals surface area contributed by atoms with Crippen LogP contribution in [0.2, 0.25) is 5.02 Å². The molecular weight excluding hydrogens is 418 g/mol. The molecule has 0 N–H and O–H groups in total. The molecule has 1 aromatic heterocycles. The van der Waals surface area contributed by atoms with Gasteiger partial charge in [0.1, 0.15) is 4.90 Å². The van der Waals surface area contributed by atoms with E-state index in [1.165, 1.54) is 38.7 Å². The van der Waals surface area contributed by atoms with Crippen molar-refractivity contribution in [3.8, 4) is 0 Å². The maximum Gasteiger partial charge on any atom is 0.261 e. The summed E-state index contributed by atoms with van der Waals surface area (Å²) in [5, 5.41) is 9.34. The van der Waals surface area contributed by atoms with Crippen molar-refractivity contribution in [2.45, 2.75) is 28.9 Å². The van der Waals surface area contributed by atoms with Crippen LogP contribution in [0.15, 0.2) is 21.9 Å². The molecule has 0 fully saturated rings. The normalized spacial score (nSPS) is 12.4. The standard InChI is InChI=1S/C14H18ClN5O5S2/c1-8(2)27(24,25)12-10(26(5,22)23)7-6-9(11(12)15)13(21)19(3)14-16-17-18-20(14)4/h6-8H,1-5H3. The largest absolute Gasteiger partial charge is 0.279 e. The lowest BCUT2D eigenvalue weighted by Gasteiger charge is -2.19. The van der Waals surface area contributed by atoms with Crippen molar-refractivity contribution >= 4 is 43.1 Å². The van der Waals surface area contributed by atoms with E-state index in [2.05, 4.69) is 15.5 Å². The first kappa shape index (κ1) is 21.3. The second-order valence-electron chi connectivity index (χ2n) is 6.09. The van der Waals surface area contributed by atoms with Gasteiger partial charge in [0.25, 0.3) is 11.9 Å². The van der Waals surface area contributed by atoms with Crippen molar-refractivity contribution in [1.29, 1.82) is 0 Å². The van der Waals surface area contributed by atoms with Gasteiger partial charge in [-0.1, -0.05) is 16.7 Å². The molecule has 0 aliphatic heterocycles. The van der Waals surface area contributed by atoms with Crippen molar-refractivity contribution < 1.29 is 21.6 Å². The second kappa shape index (κ2) is 7.17. The first-order valence-corrected chi connectivity index (χ1v) is 11.4. The fraction of sp³-hybridized carbons (Fsp3) is 0.429. The maximum absolute atomic E-state index is 12.8. The van der Waals surface area contributed by atoms with Gasteiger partial charge in [0.05, 0.1) is 20.7 Å². The first-order chi connectivity index (χ1) is 12.3. The van der Waals surface area contributed by atoms with Gasteiger partial charge < -0.3 is 0 Å². The monoisotopic (exact) mass is 435 g/mol. The highest BCUT2D eigenvalue weighted by Crippen LogP contribution is 2.35. The fourth-order valence-corrected chi connectivity index (χ4v) is 5.64. The number of hydrogen-bond acceptors (Lipinski definition) is 8. The lowest BCUT2D eigenvalue weighted by atomic mass is 10.2. The highest BCUT2D eigenvalue weighted by atomic mass is 35.5. The van der Waals surface area contributed by atoms with Gasteiger partial charge in [-0.05, 0) is 36.4 Å². The molecule has 10 nitrogen and oxygen atoms in total. The summed E-state index contributed by atoms with van der Waals surface area (Å²) in [5.41, 5.74) is -0.186. The van der Waals surface area contributed by atoms with Crippen molar-refractivity contribution in [2.24, 2.45) is 7.05 Å². The smallest absolute Gasteiger partial charge is 0.261 e. The van der Waals surface area contributed by atoms with Gasteiger partial charge in [0.2, 0.25) is 0 Å². The van der Waals surface area contributed by atoms with Crippen LogP contribution in [-0.4, -0.2) is 61.5 Å². The van der Waals surface area contributed by atoms with E-state index in [4.69, 9.17) is 11.6 Å².